The van der Waals surface area contributed by atoms with Gasteiger partial charge in [0.2, 0.25) is 0 Å². The number of halogens is 1. The number of ketones is 1. The molecule has 0 bridgehead atoms. The van der Waals surface area contributed by atoms with Crippen molar-refractivity contribution in [3.05, 3.63) is 35.6 Å². The number of carbonyl (C=O) groups is 2. The van der Waals surface area contributed by atoms with E-state index in [1.165, 1.54) is 24.3 Å². The summed E-state index contributed by atoms with van der Waals surface area (Å²) in [7, 11) is 0. The highest BCUT2D eigenvalue weighted by atomic mass is 19.1. The Morgan fingerprint density at radius 2 is 1.91 bits per heavy atom. The molecule has 1 aromatic rings. The lowest BCUT2D eigenvalue weighted by atomic mass is 9.89. The molecule has 0 aliphatic carbocycles. The predicted octanol–water partition coefficient (Wildman–Crippen LogP) is 2.43. The van der Waals surface area contributed by atoms with Gasteiger partial charge in [0, 0.05) is 31.2 Å². The van der Waals surface area contributed by atoms with Gasteiger partial charge >= 0.3 is 0 Å². The molecule has 2 aliphatic rings. The zero-order valence-corrected chi connectivity index (χ0v) is 12.5. The second kappa shape index (κ2) is 6.57. The normalized spacial score (nSPS) is 25.2. The van der Waals surface area contributed by atoms with Crippen LogP contribution in [-0.2, 0) is 9.53 Å². The van der Waals surface area contributed by atoms with E-state index in [1.807, 2.05) is 0 Å². The van der Waals surface area contributed by atoms with E-state index < -0.39 is 0 Å². The second-order valence-electron chi connectivity index (χ2n) is 6.00. The summed E-state index contributed by atoms with van der Waals surface area (Å²) >= 11 is 0. The molecule has 2 fully saturated rings. The Balaban J connectivity index is 1.65. The van der Waals surface area contributed by atoms with Gasteiger partial charge in [-0.1, -0.05) is 0 Å². The van der Waals surface area contributed by atoms with Crippen LogP contribution in [0.15, 0.2) is 24.3 Å². The number of hydrogen-bond acceptors (Lipinski definition) is 3. The number of rotatable bonds is 3. The molecule has 1 amide bonds. The molecule has 0 N–H and O–H groups in total. The molecule has 4 nitrogen and oxygen atoms in total. The standard InChI is InChI=1S/C17H20FNO3/c18-14-7-5-12(6-8-14)16(20)13-3-1-9-19(11-13)17(21)15-4-2-10-22-15/h5-8,13,15H,1-4,9-11H2/t13-,15?/m0/s1. The average molecular weight is 305 g/mol. The Kier molecular flexibility index (Phi) is 4.52. The number of likely N-dealkylation sites (tertiary alicyclic amines) is 1. The summed E-state index contributed by atoms with van der Waals surface area (Å²) in [5.74, 6) is -0.557. The van der Waals surface area contributed by atoms with Crippen molar-refractivity contribution in [3.8, 4) is 0 Å². The monoisotopic (exact) mass is 305 g/mol. The third-order valence-electron chi connectivity index (χ3n) is 4.44. The second-order valence-corrected chi connectivity index (χ2v) is 6.00. The first kappa shape index (κ1) is 15.2. The van der Waals surface area contributed by atoms with Gasteiger partial charge in [0.25, 0.3) is 5.91 Å². The van der Waals surface area contributed by atoms with Crippen LogP contribution in [0.4, 0.5) is 4.39 Å². The number of piperidine rings is 1. The molecule has 2 heterocycles. The van der Waals surface area contributed by atoms with Crippen molar-refractivity contribution in [2.24, 2.45) is 5.92 Å². The Morgan fingerprint density at radius 1 is 1.14 bits per heavy atom. The maximum absolute atomic E-state index is 13.0. The molecule has 2 aliphatic heterocycles. The molecule has 1 aromatic carbocycles. The van der Waals surface area contributed by atoms with Crippen LogP contribution in [-0.4, -0.2) is 42.4 Å². The highest BCUT2D eigenvalue weighted by molar-refractivity contribution is 5.98. The van der Waals surface area contributed by atoms with Gasteiger partial charge in [-0.3, -0.25) is 9.59 Å². The van der Waals surface area contributed by atoms with Crippen LogP contribution in [0.1, 0.15) is 36.0 Å². The van der Waals surface area contributed by atoms with E-state index in [2.05, 4.69) is 0 Å². The van der Waals surface area contributed by atoms with E-state index in [4.69, 9.17) is 4.74 Å². The van der Waals surface area contributed by atoms with E-state index in [-0.39, 0.29) is 29.5 Å². The number of Topliss-reactive ketones (excluding diaryl/α,β-unsaturated/α-hetero) is 1. The SMILES string of the molecule is O=C(c1ccc(F)cc1)[C@H]1CCCN(C(=O)C2CCCO2)C1. The number of nitrogens with zero attached hydrogens (tertiary/aromatic N) is 1. The number of carbonyl (C=O) groups excluding carboxylic acids is 2. The zero-order chi connectivity index (χ0) is 15.5. The first-order chi connectivity index (χ1) is 10.6. The smallest absolute Gasteiger partial charge is 0.251 e. The molecule has 3 rings (SSSR count). The average Bonchev–Trinajstić information content (AvgIpc) is 3.09. The van der Waals surface area contributed by atoms with Crippen LogP contribution in [0.2, 0.25) is 0 Å². The topological polar surface area (TPSA) is 46.6 Å². The molecule has 0 aromatic heterocycles. The first-order valence-corrected chi connectivity index (χ1v) is 7.85. The van der Waals surface area contributed by atoms with Crippen molar-refractivity contribution in [2.75, 3.05) is 19.7 Å². The lowest BCUT2D eigenvalue weighted by Crippen LogP contribution is -2.46. The maximum atomic E-state index is 13.0. The zero-order valence-electron chi connectivity index (χ0n) is 12.5. The molecule has 5 heteroatoms. The van der Waals surface area contributed by atoms with Crippen molar-refractivity contribution >= 4 is 11.7 Å². The van der Waals surface area contributed by atoms with Gasteiger partial charge in [0.05, 0.1) is 0 Å². The summed E-state index contributed by atoms with van der Waals surface area (Å²) in [5, 5.41) is 0. The summed E-state index contributed by atoms with van der Waals surface area (Å²) in [6.07, 6.45) is 2.94. The highest BCUT2D eigenvalue weighted by Crippen LogP contribution is 2.24. The molecule has 118 valence electrons. The molecule has 0 saturated carbocycles. The van der Waals surface area contributed by atoms with Crippen LogP contribution in [0.25, 0.3) is 0 Å². The largest absolute Gasteiger partial charge is 0.368 e. The lowest BCUT2D eigenvalue weighted by Gasteiger charge is -2.33. The molecule has 0 spiro atoms. The summed E-state index contributed by atoms with van der Waals surface area (Å²) in [6.45, 7) is 1.77. The first-order valence-electron chi connectivity index (χ1n) is 7.85. The van der Waals surface area contributed by atoms with E-state index in [1.54, 1.807) is 4.90 Å². The Hall–Kier alpha value is -1.75. The summed E-state index contributed by atoms with van der Waals surface area (Å²) in [5.41, 5.74) is 0.512. The number of hydrogen-bond donors (Lipinski definition) is 0. The van der Waals surface area contributed by atoms with Gasteiger partial charge in [-0.05, 0) is 49.9 Å². The minimum atomic E-state index is -0.351. The Bertz CT molecular complexity index is 552. The summed E-state index contributed by atoms with van der Waals surface area (Å²) in [4.78, 5) is 26.7. The molecular formula is C17H20FNO3. The van der Waals surface area contributed by atoms with E-state index in [0.29, 0.717) is 25.3 Å². The van der Waals surface area contributed by atoms with Crippen molar-refractivity contribution < 1.29 is 18.7 Å². The Labute approximate surface area is 129 Å². The Morgan fingerprint density at radius 3 is 2.59 bits per heavy atom. The number of ether oxygens (including phenoxy) is 1. The number of amides is 1. The van der Waals surface area contributed by atoms with Gasteiger partial charge < -0.3 is 9.64 Å². The highest BCUT2D eigenvalue weighted by Gasteiger charge is 2.33. The third-order valence-corrected chi connectivity index (χ3v) is 4.44. The fraction of sp³-hybridized carbons (Fsp3) is 0.529. The molecule has 22 heavy (non-hydrogen) atoms. The van der Waals surface area contributed by atoms with Crippen LogP contribution in [0.5, 0.6) is 0 Å². The van der Waals surface area contributed by atoms with Crippen LogP contribution >= 0.6 is 0 Å². The van der Waals surface area contributed by atoms with Gasteiger partial charge in [-0.25, -0.2) is 4.39 Å². The minimum absolute atomic E-state index is 0.00843. The fourth-order valence-corrected chi connectivity index (χ4v) is 3.22. The predicted molar refractivity (Wildman–Crippen MR) is 79.0 cm³/mol. The van der Waals surface area contributed by atoms with E-state index in [9.17, 15) is 14.0 Å². The van der Waals surface area contributed by atoms with E-state index >= 15 is 0 Å². The van der Waals surface area contributed by atoms with Crippen molar-refractivity contribution in [1.29, 1.82) is 0 Å². The van der Waals surface area contributed by atoms with Gasteiger partial charge in [0.15, 0.2) is 5.78 Å². The molecular weight excluding hydrogens is 285 g/mol. The quantitative estimate of drug-likeness (QED) is 0.806. The van der Waals surface area contributed by atoms with E-state index in [0.717, 1.165) is 25.7 Å². The third kappa shape index (κ3) is 3.19. The number of benzene rings is 1. The maximum Gasteiger partial charge on any atom is 0.251 e. The van der Waals surface area contributed by atoms with Gasteiger partial charge in [-0.15, -0.1) is 0 Å². The van der Waals surface area contributed by atoms with Crippen molar-refractivity contribution in [2.45, 2.75) is 31.8 Å². The summed E-state index contributed by atoms with van der Waals surface area (Å²) in [6, 6.07) is 5.62. The van der Waals surface area contributed by atoms with Crippen LogP contribution < -0.4 is 0 Å². The van der Waals surface area contributed by atoms with Crippen LogP contribution in [0.3, 0.4) is 0 Å². The fourth-order valence-electron chi connectivity index (χ4n) is 3.22. The lowest BCUT2D eigenvalue weighted by molar-refractivity contribution is -0.142. The van der Waals surface area contributed by atoms with Crippen LogP contribution in [0, 0.1) is 11.7 Å². The molecule has 2 saturated heterocycles. The van der Waals surface area contributed by atoms with Crippen molar-refractivity contribution in [1.82, 2.24) is 4.90 Å². The summed E-state index contributed by atoms with van der Waals surface area (Å²) < 4.78 is 18.4. The molecule has 1 unspecified atom stereocenters. The van der Waals surface area contributed by atoms with Crippen molar-refractivity contribution in [3.63, 3.8) is 0 Å². The molecule has 0 radical (unpaired) electrons. The van der Waals surface area contributed by atoms with Gasteiger partial charge in [0.1, 0.15) is 11.9 Å². The minimum Gasteiger partial charge on any atom is -0.368 e. The van der Waals surface area contributed by atoms with Gasteiger partial charge in [-0.2, -0.15) is 0 Å². The molecule has 2 atom stereocenters.